The summed E-state index contributed by atoms with van der Waals surface area (Å²) < 4.78 is 5.34. The van der Waals surface area contributed by atoms with Crippen molar-refractivity contribution >= 4 is 33.9 Å². The highest BCUT2D eigenvalue weighted by Crippen LogP contribution is 2.37. The molecule has 1 aromatic carbocycles. The lowest BCUT2D eigenvalue weighted by molar-refractivity contribution is 0.0701. The minimum absolute atomic E-state index is 0.225. The van der Waals surface area contributed by atoms with Crippen LogP contribution in [-0.4, -0.2) is 37.4 Å². The Labute approximate surface area is 148 Å². The van der Waals surface area contributed by atoms with Gasteiger partial charge in [-0.1, -0.05) is 23.7 Å². The van der Waals surface area contributed by atoms with Gasteiger partial charge in [-0.15, -0.1) is 11.3 Å². The molecule has 0 amide bonds. The van der Waals surface area contributed by atoms with Crippen LogP contribution in [0.25, 0.3) is 0 Å². The molecule has 1 aromatic heterocycles. The van der Waals surface area contributed by atoms with Gasteiger partial charge in [-0.2, -0.15) is 5.26 Å². The molecule has 1 saturated heterocycles. The minimum Gasteiger partial charge on any atom is -0.477 e. The predicted octanol–water partition coefficient (Wildman–Crippen LogP) is 3.40. The molecule has 2 aromatic rings. The lowest BCUT2D eigenvalue weighted by Crippen LogP contribution is -2.36. The first-order chi connectivity index (χ1) is 11.6. The number of carboxylic acid groups (broad SMARTS) is 1. The molecule has 0 spiro atoms. The number of carboxylic acids is 1. The van der Waals surface area contributed by atoms with Crippen LogP contribution in [0.4, 0.5) is 5.00 Å². The van der Waals surface area contributed by atoms with Crippen molar-refractivity contribution in [3.8, 4) is 6.07 Å². The third-order valence-corrected chi connectivity index (χ3v) is 5.42. The van der Waals surface area contributed by atoms with Gasteiger partial charge in [0.05, 0.1) is 18.8 Å². The first-order valence-corrected chi connectivity index (χ1v) is 8.65. The lowest BCUT2D eigenvalue weighted by Gasteiger charge is -2.27. The zero-order chi connectivity index (χ0) is 17.1. The van der Waals surface area contributed by atoms with E-state index in [9.17, 15) is 15.2 Å². The van der Waals surface area contributed by atoms with Crippen LogP contribution < -0.4 is 4.90 Å². The monoisotopic (exact) mass is 362 g/mol. The number of hydrogen-bond donors (Lipinski definition) is 1. The highest BCUT2D eigenvalue weighted by molar-refractivity contribution is 7.18. The van der Waals surface area contributed by atoms with Gasteiger partial charge in [0.2, 0.25) is 0 Å². The molecular formula is C17H15ClN2O3S. The van der Waals surface area contributed by atoms with Gasteiger partial charge in [0.15, 0.2) is 0 Å². The Balaban J connectivity index is 2.02. The van der Waals surface area contributed by atoms with Crippen LogP contribution in [0, 0.1) is 11.3 Å². The quantitative estimate of drug-likeness (QED) is 0.902. The second-order valence-corrected chi connectivity index (χ2v) is 6.85. The molecule has 1 aliphatic heterocycles. The van der Waals surface area contributed by atoms with E-state index in [0.717, 1.165) is 10.6 Å². The van der Waals surface area contributed by atoms with Crippen LogP contribution in [0.2, 0.25) is 5.02 Å². The Morgan fingerprint density at radius 1 is 1.33 bits per heavy atom. The SMILES string of the molecule is N#Cc1c(N2CCOCC2)sc(C(=O)O)c1Cc1ccc(Cl)cc1. The number of thiophene rings is 1. The molecule has 1 fully saturated rings. The molecule has 2 heterocycles. The van der Waals surface area contributed by atoms with Crippen molar-refractivity contribution in [2.45, 2.75) is 6.42 Å². The fraction of sp³-hybridized carbons (Fsp3) is 0.294. The highest BCUT2D eigenvalue weighted by atomic mass is 35.5. The van der Waals surface area contributed by atoms with Crippen LogP contribution in [-0.2, 0) is 11.2 Å². The summed E-state index contributed by atoms with van der Waals surface area (Å²) in [6.45, 7) is 2.48. The number of benzene rings is 1. The third-order valence-electron chi connectivity index (χ3n) is 3.89. The van der Waals surface area contributed by atoms with Crippen LogP contribution >= 0.6 is 22.9 Å². The van der Waals surface area contributed by atoms with E-state index in [1.165, 1.54) is 11.3 Å². The summed E-state index contributed by atoms with van der Waals surface area (Å²) in [5.74, 6) is -1.00. The normalized spacial score (nSPS) is 14.4. The summed E-state index contributed by atoms with van der Waals surface area (Å²) in [6.07, 6.45) is 0.391. The van der Waals surface area contributed by atoms with Crippen molar-refractivity contribution in [3.63, 3.8) is 0 Å². The number of nitrogens with zero attached hydrogens (tertiary/aromatic N) is 2. The zero-order valence-electron chi connectivity index (χ0n) is 12.8. The summed E-state index contributed by atoms with van der Waals surface area (Å²) in [7, 11) is 0. The molecule has 3 rings (SSSR count). The number of halogens is 1. The molecule has 1 N–H and O–H groups in total. The number of morpholine rings is 1. The Kier molecular flexibility index (Phi) is 5.05. The summed E-state index contributed by atoms with van der Waals surface area (Å²) in [6, 6.07) is 9.43. The largest absolute Gasteiger partial charge is 0.477 e. The van der Waals surface area contributed by atoms with E-state index in [4.69, 9.17) is 16.3 Å². The first-order valence-electron chi connectivity index (χ1n) is 7.46. The third kappa shape index (κ3) is 3.39. The molecule has 7 heteroatoms. The second kappa shape index (κ2) is 7.22. The van der Waals surface area contributed by atoms with E-state index in [2.05, 4.69) is 6.07 Å². The van der Waals surface area contributed by atoms with E-state index < -0.39 is 5.97 Å². The standard InChI is InChI=1S/C17H15ClN2O3S/c18-12-3-1-11(2-4-12)9-13-14(10-19)16(24-15(13)17(21)22)20-5-7-23-8-6-20/h1-4H,5-9H2,(H,21,22). The van der Waals surface area contributed by atoms with Crippen LogP contribution in [0.5, 0.6) is 0 Å². The van der Waals surface area contributed by atoms with E-state index in [-0.39, 0.29) is 4.88 Å². The summed E-state index contributed by atoms with van der Waals surface area (Å²) >= 11 is 7.07. The number of rotatable bonds is 4. The van der Waals surface area contributed by atoms with Gasteiger partial charge in [0.1, 0.15) is 15.9 Å². The second-order valence-electron chi connectivity index (χ2n) is 5.41. The van der Waals surface area contributed by atoms with Crippen molar-refractivity contribution in [1.82, 2.24) is 0 Å². The van der Waals surface area contributed by atoms with Gasteiger partial charge in [-0.05, 0) is 17.7 Å². The van der Waals surface area contributed by atoms with Gasteiger partial charge in [-0.25, -0.2) is 4.79 Å². The van der Waals surface area contributed by atoms with Crippen molar-refractivity contribution in [2.75, 3.05) is 31.2 Å². The van der Waals surface area contributed by atoms with E-state index in [1.54, 1.807) is 12.1 Å². The minimum atomic E-state index is -1.00. The van der Waals surface area contributed by atoms with Crippen molar-refractivity contribution in [1.29, 1.82) is 5.26 Å². The fourth-order valence-electron chi connectivity index (χ4n) is 2.70. The van der Waals surface area contributed by atoms with E-state index in [1.807, 2.05) is 17.0 Å². The molecule has 0 saturated carbocycles. The predicted molar refractivity (Wildman–Crippen MR) is 93.3 cm³/mol. The van der Waals surface area contributed by atoms with Crippen molar-refractivity contribution < 1.29 is 14.6 Å². The van der Waals surface area contributed by atoms with Gasteiger partial charge >= 0.3 is 5.97 Å². The van der Waals surface area contributed by atoms with Gasteiger partial charge in [-0.3, -0.25) is 0 Å². The number of hydrogen-bond acceptors (Lipinski definition) is 5. The zero-order valence-corrected chi connectivity index (χ0v) is 14.4. The Bertz CT molecular complexity index is 789. The maximum absolute atomic E-state index is 11.7. The first kappa shape index (κ1) is 16.8. The Morgan fingerprint density at radius 2 is 2.00 bits per heavy atom. The number of nitriles is 1. The molecule has 5 nitrogen and oxygen atoms in total. The average Bonchev–Trinajstić information content (AvgIpc) is 2.96. The number of ether oxygens (including phenoxy) is 1. The van der Waals surface area contributed by atoms with Crippen molar-refractivity contribution in [3.05, 3.63) is 50.9 Å². The molecular weight excluding hydrogens is 348 g/mol. The average molecular weight is 363 g/mol. The molecule has 0 unspecified atom stereocenters. The van der Waals surface area contributed by atoms with Gasteiger partial charge in [0, 0.05) is 30.1 Å². The molecule has 0 aliphatic carbocycles. The number of aromatic carboxylic acids is 1. The molecule has 1 aliphatic rings. The molecule has 0 bridgehead atoms. The topological polar surface area (TPSA) is 73.6 Å². The van der Waals surface area contributed by atoms with E-state index >= 15 is 0 Å². The molecule has 24 heavy (non-hydrogen) atoms. The maximum Gasteiger partial charge on any atom is 0.346 e. The lowest BCUT2D eigenvalue weighted by atomic mass is 10.0. The molecule has 0 atom stereocenters. The molecule has 124 valence electrons. The Morgan fingerprint density at radius 3 is 2.58 bits per heavy atom. The number of carbonyl (C=O) groups is 1. The summed E-state index contributed by atoms with van der Waals surface area (Å²) in [5, 5.41) is 20.5. The fourth-order valence-corrected chi connectivity index (χ4v) is 3.99. The highest BCUT2D eigenvalue weighted by Gasteiger charge is 2.26. The van der Waals surface area contributed by atoms with Crippen LogP contribution in [0.15, 0.2) is 24.3 Å². The van der Waals surface area contributed by atoms with Gasteiger partial charge < -0.3 is 14.7 Å². The smallest absolute Gasteiger partial charge is 0.346 e. The summed E-state index contributed by atoms with van der Waals surface area (Å²) in [5.41, 5.74) is 1.94. The molecule has 0 radical (unpaired) electrons. The summed E-state index contributed by atoms with van der Waals surface area (Å²) in [4.78, 5) is 13.9. The Hall–Kier alpha value is -2.07. The maximum atomic E-state index is 11.7. The van der Waals surface area contributed by atoms with E-state index in [0.29, 0.717) is 48.9 Å². The van der Waals surface area contributed by atoms with Crippen molar-refractivity contribution in [2.24, 2.45) is 0 Å². The number of anilines is 1. The van der Waals surface area contributed by atoms with Crippen LogP contribution in [0.1, 0.15) is 26.4 Å². The van der Waals surface area contributed by atoms with Crippen LogP contribution in [0.3, 0.4) is 0 Å². The van der Waals surface area contributed by atoms with Gasteiger partial charge in [0.25, 0.3) is 0 Å².